The van der Waals surface area contributed by atoms with Crippen LogP contribution in [-0.2, 0) is 9.47 Å². The Kier molecular flexibility index (Phi) is 3.95. The summed E-state index contributed by atoms with van der Waals surface area (Å²) in [4.78, 5) is 12.7. The maximum absolute atomic E-state index is 13.5. The van der Waals surface area contributed by atoms with Gasteiger partial charge in [-0.1, -0.05) is 6.07 Å². The number of hydrogen-bond acceptors (Lipinski definition) is 4. The maximum Gasteiger partial charge on any atom is 0.168 e. The van der Waals surface area contributed by atoms with Gasteiger partial charge in [0.2, 0.25) is 0 Å². The number of anilines is 1. The Hall–Kier alpha value is -1.46. The predicted octanol–water partition coefficient (Wildman–Crippen LogP) is 2.57. The molecule has 21 heavy (non-hydrogen) atoms. The highest BCUT2D eigenvalue weighted by atomic mass is 19.1. The summed E-state index contributed by atoms with van der Waals surface area (Å²) in [5, 5.41) is 0. The van der Waals surface area contributed by atoms with Crippen LogP contribution < -0.4 is 5.73 Å². The number of Topliss-reactive ketones (excluding diaryl/α,β-unsaturated/α-hetero) is 1. The smallest absolute Gasteiger partial charge is 0.168 e. The van der Waals surface area contributed by atoms with Crippen LogP contribution in [0.3, 0.4) is 0 Å². The van der Waals surface area contributed by atoms with Crippen molar-refractivity contribution in [1.82, 2.24) is 0 Å². The molecule has 0 saturated carbocycles. The third kappa shape index (κ3) is 2.80. The van der Waals surface area contributed by atoms with Crippen LogP contribution in [0.5, 0.6) is 0 Å². The molecule has 1 atom stereocenters. The van der Waals surface area contributed by atoms with Gasteiger partial charge in [-0.2, -0.15) is 0 Å². The highest BCUT2D eigenvalue weighted by Gasteiger charge is 2.41. The van der Waals surface area contributed by atoms with E-state index < -0.39 is 5.82 Å². The van der Waals surface area contributed by atoms with Gasteiger partial charge in [-0.3, -0.25) is 4.79 Å². The van der Waals surface area contributed by atoms with Crippen LogP contribution in [0.25, 0.3) is 0 Å². The Balaban J connectivity index is 1.79. The van der Waals surface area contributed by atoms with Gasteiger partial charge >= 0.3 is 0 Å². The minimum absolute atomic E-state index is 0.0463. The number of benzene rings is 1. The van der Waals surface area contributed by atoms with E-state index in [1.165, 1.54) is 12.1 Å². The Bertz CT molecular complexity index is 535. The zero-order chi connectivity index (χ0) is 14.9. The molecule has 2 N–H and O–H groups in total. The maximum atomic E-state index is 13.5. The second kappa shape index (κ2) is 5.73. The molecule has 0 aromatic heterocycles. The van der Waals surface area contributed by atoms with Crippen molar-refractivity contribution in [3.8, 4) is 0 Å². The molecule has 5 heteroatoms. The topological polar surface area (TPSA) is 61.6 Å². The number of ether oxygens (including phenoxy) is 2. The minimum Gasteiger partial charge on any atom is -0.396 e. The van der Waals surface area contributed by atoms with E-state index in [1.54, 1.807) is 6.07 Å². The molecule has 1 aromatic carbocycles. The van der Waals surface area contributed by atoms with E-state index in [0.29, 0.717) is 38.2 Å². The Morgan fingerprint density at radius 3 is 2.81 bits per heavy atom. The summed E-state index contributed by atoms with van der Waals surface area (Å²) in [7, 11) is 0. The molecule has 114 valence electrons. The van der Waals surface area contributed by atoms with Crippen molar-refractivity contribution in [2.45, 2.75) is 31.3 Å². The first kappa shape index (κ1) is 14.5. The van der Waals surface area contributed by atoms with Crippen LogP contribution in [0.4, 0.5) is 10.1 Å². The molecule has 2 heterocycles. The van der Waals surface area contributed by atoms with E-state index in [4.69, 9.17) is 15.2 Å². The molecule has 0 bridgehead atoms. The summed E-state index contributed by atoms with van der Waals surface area (Å²) < 4.78 is 24.9. The summed E-state index contributed by atoms with van der Waals surface area (Å²) in [6.07, 6.45) is 2.97. The van der Waals surface area contributed by atoms with E-state index in [1.807, 2.05) is 0 Å². The lowest BCUT2D eigenvalue weighted by Crippen LogP contribution is -2.46. The average molecular weight is 293 g/mol. The summed E-state index contributed by atoms with van der Waals surface area (Å²) >= 11 is 0. The lowest BCUT2D eigenvalue weighted by Gasteiger charge is -2.43. The number of para-hydroxylation sites is 1. The molecule has 0 aliphatic carbocycles. The second-order valence-electron chi connectivity index (χ2n) is 5.90. The Labute approximate surface area is 123 Å². The normalized spacial score (nSPS) is 24.9. The third-order valence-electron chi connectivity index (χ3n) is 4.59. The first-order valence-electron chi connectivity index (χ1n) is 7.41. The fourth-order valence-electron chi connectivity index (χ4n) is 3.32. The molecule has 2 fully saturated rings. The highest BCUT2D eigenvalue weighted by molar-refractivity contribution is 6.02. The molecule has 4 nitrogen and oxygen atoms in total. The number of halogens is 1. The first-order valence-corrected chi connectivity index (χ1v) is 7.41. The molecular weight excluding hydrogens is 273 g/mol. The van der Waals surface area contributed by atoms with Gasteiger partial charge < -0.3 is 15.2 Å². The van der Waals surface area contributed by atoms with E-state index in [0.717, 1.165) is 12.8 Å². The van der Waals surface area contributed by atoms with Gasteiger partial charge in [0.25, 0.3) is 0 Å². The van der Waals surface area contributed by atoms with Gasteiger partial charge in [-0.15, -0.1) is 0 Å². The van der Waals surface area contributed by atoms with Gasteiger partial charge in [0.1, 0.15) is 5.82 Å². The van der Waals surface area contributed by atoms with Crippen LogP contribution in [0.2, 0.25) is 0 Å². The second-order valence-corrected chi connectivity index (χ2v) is 5.90. The molecule has 1 aromatic rings. The van der Waals surface area contributed by atoms with Crippen LogP contribution in [0, 0.1) is 11.7 Å². The van der Waals surface area contributed by atoms with Crippen molar-refractivity contribution in [2.75, 3.05) is 25.6 Å². The number of ketones is 1. The summed E-state index contributed by atoms with van der Waals surface area (Å²) in [5.74, 6) is -0.754. The summed E-state index contributed by atoms with van der Waals surface area (Å²) in [6.45, 7) is 1.90. The van der Waals surface area contributed by atoms with E-state index in [2.05, 4.69) is 0 Å². The van der Waals surface area contributed by atoms with Crippen LogP contribution in [0.1, 0.15) is 36.0 Å². The monoisotopic (exact) mass is 293 g/mol. The van der Waals surface area contributed by atoms with E-state index in [-0.39, 0.29) is 23.0 Å². The standard InChI is InChI=1S/C16H20FNO3/c17-13-3-1-2-12(14(13)18)15(19)11-4-7-21-16(10-11)5-8-20-9-6-16/h1-3,11H,4-10,18H2. The van der Waals surface area contributed by atoms with Gasteiger partial charge in [0, 0.05) is 31.3 Å². The Morgan fingerprint density at radius 2 is 2.05 bits per heavy atom. The largest absolute Gasteiger partial charge is 0.396 e. The molecule has 1 unspecified atom stereocenters. The fourth-order valence-corrected chi connectivity index (χ4v) is 3.32. The van der Waals surface area contributed by atoms with Crippen molar-refractivity contribution in [3.63, 3.8) is 0 Å². The molecule has 0 amide bonds. The number of nitrogen functional groups attached to an aromatic ring is 1. The molecule has 1 spiro atoms. The van der Waals surface area contributed by atoms with E-state index >= 15 is 0 Å². The lowest BCUT2D eigenvalue weighted by molar-refractivity contribution is -0.142. The van der Waals surface area contributed by atoms with Gasteiger partial charge in [0.05, 0.1) is 11.3 Å². The predicted molar refractivity (Wildman–Crippen MR) is 76.6 cm³/mol. The number of carbonyl (C=O) groups is 1. The van der Waals surface area contributed by atoms with Gasteiger partial charge in [0.15, 0.2) is 5.78 Å². The quantitative estimate of drug-likeness (QED) is 0.672. The van der Waals surface area contributed by atoms with Gasteiger partial charge in [-0.25, -0.2) is 4.39 Å². The fraction of sp³-hybridized carbons (Fsp3) is 0.562. The van der Waals surface area contributed by atoms with Crippen molar-refractivity contribution >= 4 is 11.5 Å². The Morgan fingerprint density at radius 1 is 1.29 bits per heavy atom. The lowest BCUT2D eigenvalue weighted by atomic mass is 9.78. The molecule has 2 saturated heterocycles. The van der Waals surface area contributed by atoms with Crippen LogP contribution >= 0.6 is 0 Å². The van der Waals surface area contributed by atoms with Crippen molar-refractivity contribution in [2.24, 2.45) is 5.92 Å². The summed E-state index contributed by atoms with van der Waals surface area (Å²) in [5.41, 5.74) is 5.71. The zero-order valence-electron chi connectivity index (χ0n) is 11.9. The minimum atomic E-state index is -0.534. The average Bonchev–Trinajstić information content (AvgIpc) is 2.50. The third-order valence-corrected chi connectivity index (χ3v) is 4.59. The van der Waals surface area contributed by atoms with Crippen molar-refractivity contribution in [3.05, 3.63) is 29.6 Å². The summed E-state index contributed by atoms with van der Waals surface area (Å²) in [6, 6.07) is 4.41. The SMILES string of the molecule is Nc1c(F)cccc1C(=O)C1CCOC2(CCOCC2)C1. The number of hydrogen-bond donors (Lipinski definition) is 1. The molecule has 2 aliphatic rings. The zero-order valence-corrected chi connectivity index (χ0v) is 11.9. The first-order chi connectivity index (χ1) is 10.1. The van der Waals surface area contributed by atoms with Crippen molar-refractivity contribution < 1.29 is 18.7 Å². The van der Waals surface area contributed by atoms with Crippen LogP contribution in [0.15, 0.2) is 18.2 Å². The van der Waals surface area contributed by atoms with Crippen molar-refractivity contribution in [1.29, 1.82) is 0 Å². The molecule has 3 rings (SSSR count). The van der Waals surface area contributed by atoms with Crippen LogP contribution in [-0.4, -0.2) is 31.2 Å². The number of carbonyl (C=O) groups excluding carboxylic acids is 1. The molecule has 2 aliphatic heterocycles. The molecule has 0 radical (unpaired) electrons. The van der Waals surface area contributed by atoms with E-state index in [9.17, 15) is 9.18 Å². The number of rotatable bonds is 2. The highest BCUT2D eigenvalue weighted by Crippen LogP contribution is 2.38. The van der Waals surface area contributed by atoms with Gasteiger partial charge in [-0.05, 0) is 37.8 Å². The molecular formula is C16H20FNO3. The number of nitrogens with two attached hydrogens (primary N) is 1.